The summed E-state index contributed by atoms with van der Waals surface area (Å²) in [7, 11) is 3.13. The number of morpholine rings is 1. The highest BCUT2D eigenvalue weighted by atomic mass is 19.1. The van der Waals surface area contributed by atoms with Gasteiger partial charge in [0.05, 0.1) is 44.2 Å². The molecule has 0 unspecified atom stereocenters. The van der Waals surface area contributed by atoms with Gasteiger partial charge >= 0.3 is 0 Å². The van der Waals surface area contributed by atoms with Crippen LogP contribution in [0.2, 0.25) is 0 Å². The van der Waals surface area contributed by atoms with E-state index in [1.165, 1.54) is 48.0 Å². The maximum atomic E-state index is 15.5. The van der Waals surface area contributed by atoms with Crippen molar-refractivity contribution in [3.8, 4) is 28.6 Å². The van der Waals surface area contributed by atoms with E-state index in [-0.39, 0.29) is 53.7 Å². The van der Waals surface area contributed by atoms with Crippen LogP contribution in [-0.4, -0.2) is 106 Å². The van der Waals surface area contributed by atoms with Crippen molar-refractivity contribution in [2.24, 2.45) is 7.05 Å². The normalized spacial score (nSPS) is 15.9. The number of hydrogen-bond acceptors (Lipinski definition) is 9. The molecule has 352 valence electrons. The van der Waals surface area contributed by atoms with E-state index in [0.717, 1.165) is 29.8 Å². The lowest BCUT2D eigenvalue weighted by Gasteiger charge is -2.36. The minimum absolute atomic E-state index is 0.0117. The van der Waals surface area contributed by atoms with Crippen LogP contribution in [0.25, 0.3) is 11.3 Å². The number of nitrogens with zero attached hydrogens (tertiary/aromatic N) is 6. The molecule has 5 heterocycles. The van der Waals surface area contributed by atoms with Gasteiger partial charge in [0.2, 0.25) is 11.8 Å². The van der Waals surface area contributed by atoms with Crippen molar-refractivity contribution in [3.63, 3.8) is 0 Å². The van der Waals surface area contributed by atoms with Gasteiger partial charge in [-0.05, 0) is 103 Å². The molecule has 2 aromatic heterocycles. The number of benzene rings is 4. The first-order valence-corrected chi connectivity index (χ1v) is 22.9. The van der Waals surface area contributed by atoms with Crippen LogP contribution in [0.1, 0.15) is 61.2 Å². The molecule has 6 aromatic rings. The summed E-state index contributed by atoms with van der Waals surface area (Å²) in [5, 5.41) is 10.1. The molecule has 9 rings (SSSR count). The van der Waals surface area contributed by atoms with Crippen LogP contribution in [0.3, 0.4) is 0 Å². The zero-order chi connectivity index (χ0) is 47.6. The number of fused-ring (bicyclic) bond motifs is 2. The molecule has 0 aliphatic carbocycles. The van der Waals surface area contributed by atoms with Gasteiger partial charge in [0.25, 0.3) is 11.8 Å². The molecule has 1 saturated heterocycles. The molecule has 13 nitrogen and oxygen atoms in total. The van der Waals surface area contributed by atoms with Crippen LogP contribution in [0.5, 0.6) is 17.4 Å². The number of aromatic hydroxyl groups is 1. The summed E-state index contributed by atoms with van der Waals surface area (Å²) in [5.74, 6) is -2.03. The van der Waals surface area contributed by atoms with Gasteiger partial charge in [-0.15, -0.1) is 0 Å². The second-order valence-corrected chi connectivity index (χ2v) is 17.6. The predicted octanol–water partition coefficient (Wildman–Crippen LogP) is 7.79. The van der Waals surface area contributed by atoms with E-state index in [4.69, 9.17) is 14.2 Å². The van der Waals surface area contributed by atoms with Gasteiger partial charge < -0.3 is 33.7 Å². The standard InChI is InChI=1S/C53H54F2N6O7/c1-33-23-35-7-5-6-8-38(35)32-60(33)52(64)46-25-39-31-59(50(63)26-37-9-14-43(28-47(37)54)68-22-19-58-17-20-67-21-18-58)16-15-36(39)24-45(46)49-29-44(34(2)57(49)3)53(65)61(40-10-12-42(62)13-11-40)41-27-48(55)51(66-4)56-30-41/h5-14,24-25,27-30,33,62H,15-23,26,31-32H2,1-4H3/t33-/m1/s1. The second-order valence-electron chi connectivity index (χ2n) is 17.6. The van der Waals surface area contributed by atoms with Gasteiger partial charge in [-0.3, -0.25) is 24.2 Å². The molecule has 0 radical (unpaired) electrons. The number of carbonyl (C=O) groups is 3. The van der Waals surface area contributed by atoms with Crippen LogP contribution in [-0.2, 0) is 48.9 Å². The lowest BCUT2D eigenvalue weighted by Crippen LogP contribution is -2.43. The molecule has 0 saturated carbocycles. The van der Waals surface area contributed by atoms with E-state index in [9.17, 15) is 14.7 Å². The zero-order valence-electron chi connectivity index (χ0n) is 38.6. The highest BCUT2D eigenvalue weighted by molar-refractivity contribution is 6.12. The summed E-state index contributed by atoms with van der Waals surface area (Å²) in [4.78, 5) is 55.1. The number of phenolic OH excluding ortho intramolecular Hbond substituents is 1. The highest BCUT2D eigenvalue weighted by Gasteiger charge is 2.33. The van der Waals surface area contributed by atoms with E-state index in [2.05, 4.69) is 16.0 Å². The number of ether oxygens (including phenoxy) is 3. The number of hydrogen-bond donors (Lipinski definition) is 1. The maximum Gasteiger partial charge on any atom is 0.264 e. The summed E-state index contributed by atoms with van der Waals surface area (Å²) < 4.78 is 48.8. The van der Waals surface area contributed by atoms with E-state index in [1.807, 2.05) is 60.7 Å². The van der Waals surface area contributed by atoms with Gasteiger partial charge in [0, 0.05) is 92.7 Å². The average Bonchev–Trinajstić information content (AvgIpc) is 3.64. The topological polar surface area (TPSA) is 130 Å². The Morgan fingerprint density at radius 1 is 0.853 bits per heavy atom. The fourth-order valence-electron chi connectivity index (χ4n) is 9.44. The molecule has 4 aromatic carbocycles. The number of pyridine rings is 1. The Hall–Kier alpha value is -7.10. The fraction of sp³-hybridized carbons (Fsp3) is 0.321. The van der Waals surface area contributed by atoms with Gasteiger partial charge in [-0.1, -0.05) is 30.3 Å². The zero-order valence-corrected chi connectivity index (χ0v) is 38.6. The Morgan fingerprint density at radius 2 is 1.62 bits per heavy atom. The molecule has 3 aliphatic heterocycles. The first-order valence-electron chi connectivity index (χ1n) is 22.9. The van der Waals surface area contributed by atoms with Crippen molar-refractivity contribution in [1.29, 1.82) is 0 Å². The molecular formula is C53H54F2N6O7. The Labute approximate surface area is 394 Å². The van der Waals surface area contributed by atoms with E-state index in [0.29, 0.717) is 91.8 Å². The van der Waals surface area contributed by atoms with Crippen molar-refractivity contribution in [1.82, 2.24) is 24.3 Å². The molecular weight excluding hydrogens is 871 g/mol. The molecule has 15 heteroatoms. The van der Waals surface area contributed by atoms with Crippen LogP contribution in [0.4, 0.5) is 20.2 Å². The molecule has 68 heavy (non-hydrogen) atoms. The van der Waals surface area contributed by atoms with Crippen molar-refractivity contribution in [3.05, 3.63) is 153 Å². The first-order chi connectivity index (χ1) is 32.9. The Kier molecular flexibility index (Phi) is 13.3. The van der Waals surface area contributed by atoms with E-state index >= 15 is 13.6 Å². The Morgan fingerprint density at radius 3 is 2.35 bits per heavy atom. The van der Waals surface area contributed by atoms with Gasteiger partial charge in [-0.25, -0.2) is 13.8 Å². The smallest absolute Gasteiger partial charge is 0.264 e. The molecule has 1 atom stereocenters. The number of anilines is 2. The summed E-state index contributed by atoms with van der Waals surface area (Å²) in [6.45, 7) is 9.01. The van der Waals surface area contributed by atoms with Crippen LogP contribution in [0, 0.1) is 18.6 Å². The van der Waals surface area contributed by atoms with Gasteiger partial charge in [0.15, 0.2) is 5.82 Å². The largest absolute Gasteiger partial charge is 0.508 e. The summed E-state index contributed by atoms with van der Waals surface area (Å²) >= 11 is 0. The van der Waals surface area contributed by atoms with E-state index < -0.39 is 17.5 Å². The molecule has 0 bridgehead atoms. The van der Waals surface area contributed by atoms with Crippen molar-refractivity contribution >= 4 is 29.1 Å². The third-order valence-corrected chi connectivity index (χ3v) is 13.4. The number of phenols is 1. The Balaban J connectivity index is 1.03. The summed E-state index contributed by atoms with van der Waals surface area (Å²) in [6.07, 6.45) is 2.37. The average molecular weight is 925 g/mol. The summed E-state index contributed by atoms with van der Waals surface area (Å²) in [6, 6.07) is 25.4. The van der Waals surface area contributed by atoms with Crippen molar-refractivity contribution in [2.75, 3.05) is 58.0 Å². The Bertz CT molecular complexity index is 2880. The molecule has 0 spiro atoms. The molecule has 1 fully saturated rings. The number of halogens is 2. The number of rotatable bonds is 12. The number of aromatic nitrogens is 2. The third-order valence-electron chi connectivity index (χ3n) is 13.4. The van der Waals surface area contributed by atoms with Crippen LogP contribution < -0.4 is 14.4 Å². The van der Waals surface area contributed by atoms with Crippen LogP contribution >= 0.6 is 0 Å². The lowest BCUT2D eigenvalue weighted by molar-refractivity contribution is -0.131. The SMILES string of the molecule is COc1ncc(N(C(=O)c2cc(-c3cc4c(cc3C(=O)N3Cc5ccccc5C[C@H]3C)CN(C(=O)Cc3ccc(OCCN5CCOCC5)cc3F)CC4)n(C)c2C)c2ccc(O)cc2)cc1F. The third kappa shape index (κ3) is 9.40. The predicted molar refractivity (Wildman–Crippen MR) is 252 cm³/mol. The van der Waals surface area contributed by atoms with Crippen LogP contribution in [0.15, 0.2) is 97.2 Å². The first kappa shape index (κ1) is 46.0. The lowest BCUT2D eigenvalue weighted by atomic mass is 9.89. The highest BCUT2D eigenvalue weighted by Crippen LogP contribution is 2.38. The number of carbonyl (C=O) groups excluding carboxylic acids is 3. The minimum Gasteiger partial charge on any atom is -0.508 e. The minimum atomic E-state index is -0.763. The van der Waals surface area contributed by atoms with Gasteiger partial charge in [-0.2, -0.15) is 0 Å². The summed E-state index contributed by atoms with van der Waals surface area (Å²) in [5.41, 5.74) is 7.29. The maximum absolute atomic E-state index is 15.5. The van der Waals surface area contributed by atoms with E-state index in [1.54, 1.807) is 35.2 Å². The second kappa shape index (κ2) is 19.6. The van der Waals surface area contributed by atoms with Crippen molar-refractivity contribution in [2.45, 2.75) is 52.2 Å². The number of amides is 3. The molecule has 3 aliphatic rings. The monoisotopic (exact) mass is 924 g/mol. The number of methoxy groups -OCH3 is 1. The molecule has 1 N–H and O–H groups in total. The quantitative estimate of drug-likeness (QED) is 0.131. The van der Waals surface area contributed by atoms with Crippen molar-refractivity contribution < 1.29 is 42.5 Å². The molecule has 3 amide bonds. The fourth-order valence-corrected chi connectivity index (χ4v) is 9.44. The van der Waals surface area contributed by atoms with Gasteiger partial charge in [0.1, 0.15) is 23.9 Å².